The third-order valence-corrected chi connectivity index (χ3v) is 5.08. The molecule has 25 heavy (non-hydrogen) atoms. The number of amides is 1. The van der Waals surface area contributed by atoms with Crippen molar-refractivity contribution in [2.45, 2.75) is 12.3 Å². The number of hydrogen-bond acceptors (Lipinski definition) is 6. The first-order valence-electron chi connectivity index (χ1n) is 7.64. The molecule has 1 amide bonds. The van der Waals surface area contributed by atoms with Crippen molar-refractivity contribution in [3.05, 3.63) is 51.3 Å². The van der Waals surface area contributed by atoms with Crippen LogP contribution in [0, 0.1) is 0 Å². The van der Waals surface area contributed by atoms with Crippen LogP contribution in [0.4, 0.5) is 5.82 Å². The number of ether oxygens (including phenoxy) is 2. The Morgan fingerprint density at radius 3 is 2.88 bits per heavy atom. The van der Waals surface area contributed by atoms with Crippen LogP contribution in [0.1, 0.15) is 23.5 Å². The fraction of sp³-hybridized carbons (Fsp3) is 0.235. The quantitative estimate of drug-likeness (QED) is 0.777. The van der Waals surface area contributed by atoms with Gasteiger partial charge in [-0.15, -0.1) is 11.3 Å². The van der Waals surface area contributed by atoms with Crippen LogP contribution in [-0.4, -0.2) is 29.5 Å². The minimum absolute atomic E-state index is 0.143. The predicted molar refractivity (Wildman–Crippen MR) is 94.0 cm³/mol. The van der Waals surface area contributed by atoms with Crippen LogP contribution in [0.25, 0.3) is 4.96 Å². The van der Waals surface area contributed by atoms with Crippen molar-refractivity contribution < 1.29 is 14.3 Å². The summed E-state index contributed by atoms with van der Waals surface area (Å²) in [6.45, 7) is 0. The molecule has 0 bridgehead atoms. The van der Waals surface area contributed by atoms with E-state index in [0.29, 0.717) is 27.8 Å². The summed E-state index contributed by atoms with van der Waals surface area (Å²) in [5.74, 6) is 1.09. The number of benzene rings is 1. The van der Waals surface area contributed by atoms with E-state index in [9.17, 15) is 9.59 Å². The summed E-state index contributed by atoms with van der Waals surface area (Å²) in [4.78, 5) is 29.7. The summed E-state index contributed by atoms with van der Waals surface area (Å²) in [6.07, 6.45) is 1.93. The first-order chi connectivity index (χ1) is 12.1. The van der Waals surface area contributed by atoms with Crippen LogP contribution >= 0.6 is 11.3 Å². The molecule has 3 aromatic rings. The van der Waals surface area contributed by atoms with Gasteiger partial charge in [0.2, 0.25) is 5.91 Å². The first kappa shape index (κ1) is 15.6. The number of carbonyl (C=O) groups excluding carboxylic acids is 1. The van der Waals surface area contributed by atoms with Crippen LogP contribution in [0.5, 0.6) is 11.5 Å². The highest BCUT2D eigenvalue weighted by Crippen LogP contribution is 2.40. The molecular formula is C17H15N3O4S. The summed E-state index contributed by atoms with van der Waals surface area (Å²) < 4.78 is 12.5. The Morgan fingerprint density at radius 2 is 2.12 bits per heavy atom. The lowest BCUT2D eigenvalue weighted by Crippen LogP contribution is -2.32. The molecule has 2 aromatic heterocycles. The van der Waals surface area contributed by atoms with E-state index in [-0.39, 0.29) is 17.9 Å². The molecule has 7 nitrogen and oxygen atoms in total. The normalized spacial score (nSPS) is 16.4. The Morgan fingerprint density at radius 1 is 1.28 bits per heavy atom. The van der Waals surface area contributed by atoms with Gasteiger partial charge in [0, 0.05) is 29.5 Å². The summed E-state index contributed by atoms with van der Waals surface area (Å²) >= 11 is 1.34. The molecule has 4 rings (SSSR count). The number of thiazole rings is 1. The third kappa shape index (κ3) is 2.45. The summed E-state index contributed by atoms with van der Waals surface area (Å²) in [6, 6.07) is 5.35. The zero-order valence-electron chi connectivity index (χ0n) is 13.6. The molecule has 3 heterocycles. The van der Waals surface area contributed by atoms with Crippen LogP contribution in [0.2, 0.25) is 0 Å². The Hall–Kier alpha value is -2.87. The summed E-state index contributed by atoms with van der Waals surface area (Å²) in [5.41, 5.74) is 0.849. The van der Waals surface area contributed by atoms with E-state index in [1.807, 2.05) is 5.38 Å². The third-order valence-electron chi connectivity index (χ3n) is 4.32. The molecule has 1 N–H and O–H groups in total. The Bertz CT molecular complexity index is 1040. The molecular weight excluding hydrogens is 342 g/mol. The predicted octanol–water partition coefficient (Wildman–Crippen LogP) is 2.25. The number of methoxy groups -OCH3 is 2. The van der Waals surface area contributed by atoms with Crippen molar-refractivity contribution >= 4 is 28.0 Å². The number of hydrogen-bond donors (Lipinski definition) is 1. The minimum Gasteiger partial charge on any atom is -0.497 e. The minimum atomic E-state index is -0.453. The summed E-state index contributed by atoms with van der Waals surface area (Å²) in [5, 5.41) is 4.64. The van der Waals surface area contributed by atoms with E-state index in [1.165, 1.54) is 11.3 Å². The molecule has 1 atom stereocenters. The van der Waals surface area contributed by atoms with E-state index in [1.54, 1.807) is 43.0 Å². The maximum atomic E-state index is 12.7. The van der Waals surface area contributed by atoms with Gasteiger partial charge in [-0.1, -0.05) is 0 Å². The number of fused-ring (bicyclic) bond motifs is 3. The average Bonchev–Trinajstić information content (AvgIpc) is 3.09. The van der Waals surface area contributed by atoms with Gasteiger partial charge in [-0.3, -0.25) is 14.0 Å². The number of nitrogens with one attached hydrogen (secondary N) is 1. The number of aromatic nitrogens is 2. The van der Waals surface area contributed by atoms with Crippen molar-refractivity contribution in [2.75, 3.05) is 19.5 Å². The maximum Gasteiger partial charge on any atom is 0.279 e. The van der Waals surface area contributed by atoms with Gasteiger partial charge in [-0.2, -0.15) is 4.98 Å². The van der Waals surface area contributed by atoms with Crippen LogP contribution < -0.4 is 20.3 Å². The van der Waals surface area contributed by atoms with Gasteiger partial charge in [0.15, 0.2) is 4.96 Å². The first-order valence-corrected chi connectivity index (χ1v) is 8.52. The number of carbonyl (C=O) groups is 1. The topological polar surface area (TPSA) is 81.9 Å². The van der Waals surface area contributed by atoms with Gasteiger partial charge >= 0.3 is 0 Å². The van der Waals surface area contributed by atoms with Gasteiger partial charge < -0.3 is 14.8 Å². The number of nitrogens with zero attached hydrogens (tertiary/aromatic N) is 2. The van der Waals surface area contributed by atoms with E-state index in [4.69, 9.17) is 9.47 Å². The molecule has 0 saturated carbocycles. The molecule has 0 spiro atoms. The lowest BCUT2D eigenvalue weighted by molar-refractivity contribution is -0.116. The van der Waals surface area contributed by atoms with Crippen molar-refractivity contribution in [3.63, 3.8) is 0 Å². The van der Waals surface area contributed by atoms with E-state index in [0.717, 1.165) is 5.56 Å². The van der Waals surface area contributed by atoms with E-state index in [2.05, 4.69) is 10.3 Å². The molecule has 0 aliphatic carbocycles. The van der Waals surface area contributed by atoms with Gasteiger partial charge in [-0.25, -0.2) is 0 Å². The molecule has 0 saturated heterocycles. The zero-order chi connectivity index (χ0) is 17.6. The van der Waals surface area contributed by atoms with Crippen molar-refractivity contribution in [1.29, 1.82) is 0 Å². The smallest absolute Gasteiger partial charge is 0.279 e. The Kier molecular flexibility index (Phi) is 3.69. The second kappa shape index (κ2) is 5.89. The molecule has 128 valence electrons. The van der Waals surface area contributed by atoms with Crippen LogP contribution in [-0.2, 0) is 4.79 Å². The molecule has 0 fully saturated rings. The van der Waals surface area contributed by atoms with E-state index < -0.39 is 5.92 Å². The van der Waals surface area contributed by atoms with Crippen LogP contribution in [0.3, 0.4) is 0 Å². The average molecular weight is 357 g/mol. The second-order valence-electron chi connectivity index (χ2n) is 5.65. The monoisotopic (exact) mass is 357 g/mol. The van der Waals surface area contributed by atoms with Gasteiger partial charge in [-0.05, 0) is 18.2 Å². The Labute approximate surface area is 146 Å². The molecule has 1 aliphatic rings. The SMILES string of the molecule is COc1ccc(OC)c([C@@H]2CC(=O)Nc3c2c(=O)nc2sccn32)c1. The molecule has 8 heteroatoms. The van der Waals surface area contributed by atoms with E-state index >= 15 is 0 Å². The van der Waals surface area contributed by atoms with Gasteiger partial charge in [0.05, 0.1) is 19.8 Å². The molecule has 1 aromatic carbocycles. The lowest BCUT2D eigenvalue weighted by Gasteiger charge is -2.26. The number of anilines is 1. The van der Waals surface area contributed by atoms with Crippen molar-refractivity contribution in [3.8, 4) is 11.5 Å². The highest BCUT2D eigenvalue weighted by atomic mass is 32.1. The largest absolute Gasteiger partial charge is 0.497 e. The van der Waals surface area contributed by atoms with Gasteiger partial charge in [0.1, 0.15) is 17.3 Å². The zero-order valence-corrected chi connectivity index (χ0v) is 14.4. The van der Waals surface area contributed by atoms with Gasteiger partial charge in [0.25, 0.3) is 5.56 Å². The second-order valence-corrected chi connectivity index (χ2v) is 6.52. The highest BCUT2D eigenvalue weighted by molar-refractivity contribution is 7.15. The Balaban J connectivity index is 2.00. The standard InChI is InChI=1S/C17H15N3O4S/c1-23-9-3-4-12(24-2)10(7-9)11-8-13(21)18-15-14(11)16(22)19-17-20(15)5-6-25-17/h3-7,11H,8H2,1-2H3,(H,18,21)/t11-/m0/s1. The molecule has 0 radical (unpaired) electrons. The fourth-order valence-corrected chi connectivity index (χ4v) is 3.90. The molecule has 1 aliphatic heterocycles. The lowest BCUT2D eigenvalue weighted by atomic mass is 9.86. The number of rotatable bonds is 3. The van der Waals surface area contributed by atoms with Crippen molar-refractivity contribution in [2.24, 2.45) is 0 Å². The van der Waals surface area contributed by atoms with Crippen molar-refractivity contribution in [1.82, 2.24) is 9.38 Å². The van der Waals surface area contributed by atoms with Crippen LogP contribution in [0.15, 0.2) is 34.6 Å². The highest BCUT2D eigenvalue weighted by Gasteiger charge is 2.33. The fourth-order valence-electron chi connectivity index (χ4n) is 3.19. The summed E-state index contributed by atoms with van der Waals surface area (Å²) in [7, 11) is 3.13. The maximum absolute atomic E-state index is 12.7. The molecule has 0 unspecified atom stereocenters.